The summed E-state index contributed by atoms with van der Waals surface area (Å²) in [6.07, 6.45) is 0.451. The number of hydrogen-bond donors (Lipinski definition) is 1. The van der Waals surface area contributed by atoms with Crippen LogP contribution in [-0.4, -0.2) is 42.6 Å². The van der Waals surface area contributed by atoms with Crippen LogP contribution in [0.4, 0.5) is 4.39 Å². The van der Waals surface area contributed by atoms with Crippen molar-refractivity contribution in [2.24, 2.45) is 0 Å². The van der Waals surface area contributed by atoms with Gasteiger partial charge in [-0.2, -0.15) is 5.10 Å². The molecule has 0 unspecified atom stereocenters. The van der Waals surface area contributed by atoms with Crippen LogP contribution in [0.15, 0.2) is 18.2 Å². The normalized spacial score (nSPS) is 18.6. The van der Waals surface area contributed by atoms with E-state index in [4.69, 9.17) is 14.2 Å². The number of carbonyl (C=O) groups is 1. The van der Waals surface area contributed by atoms with E-state index >= 15 is 0 Å². The number of rotatable bonds is 7. The van der Waals surface area contributed by atoms with Gasteiger partial charge in [-0.1, -0.05) is 6.07 Å². The molecule has 1 aromatic carbocycles. The predicted octanol–water partition coefficient (Wildman–Crippen LogP) is 2.63. The van der Waals surface area contributed by atoms with Gasteiger partial charge in [0, 0.05) is 37.3 Å². The number of ether oxygens (including phenoxy) is 3. The lowest BCUT2D eigenvalue weighted by Crippen LogP contribution is -2.29. The Morgan fingerprint density at radius 2 is 2.18 bits per heavy atom. The number of hydrogen-bond acceptors (Lipinski definition) is 5. The average molecular weight is 391 g/mol. The smallest absolute Gasteiger partial charge is 0.270 e. The Morgan fingerprint density at radius 1 is 1.39 bits per heavy atom. The van der Waals surface area contributed by atoms with Gasteiger partial charge >= 0.3 is 0 Å². The highest BCUT2D eigenvalue weighted by Gasteiger charge is 2.32. The van der Waals surface area contributed by atoms with E-state index in [1.807, 2.05) is 13.8 Å². The molecule has 1 aromatic heterocycles. The molecule has 1 amide bonds. The third-order valence-corrected chi connectivity index (χ3v) is 4.81. The van der Waals surface area contributed by atoms with E-state index < -0.39 is 0 Å². The van der Waals surface area contributed by atoms with Crippen LogP contribution in [-0.2, 0) is 29.0 Å². The summed E-state index contributed by atoms with van der Waals surface area (Å²) in [6, 6.07) is 4.24. The average Bonchev–Trinajstić information content (AvgIpc) is 3.03. The van der Waals surface area contributed by atoms with E-state index in [1.54, 1.807) is 17.9 Å². The van der Waals surface area contributed by atoms with E-state index in [0.29, 0.717) is 36.6 Å². The Kier molecular flexibility index (Phi) is 6.31. The molecule has 2 heterocycles. The third-order valence-electron chi connectivity index (χ3n) is 4.81. The molecule has 152 valence electrons. The van der Waals surface area contributed by atoms with E-state index in [2.05, 4.69) is 10.4 Å². The molecule has 7 nitrogen and oxygen atoms in total. The highest BCUT2D eigenvalue weighted by atomic mass is 19.1. The zero-order chi connectivity index (χ0) is 20.3. The quantitative estimate of drug-likeness (QED) is 0.785. The summed E-state index contributed by atoms with van der Waals surface area (Å²) in [5.74, 6) is -0.231. The topological polar surface area (TPSA) is 74.6 Å². The van der Waals surface area contributed by atoms with Crippen molar-refractivity contribution >= 4 is 5.91 Å². The number of methoxy groups -OCH3 is 2. The fraction of sp³-hybridized carbons (Fsp3) is 0.500. The second-order valence-corrected chi connectivity index (χ2v) is 6.86. The van der Waals surface area contributed by atoms with Gasteiger partial charge in [-0.15, -0.1) is 0 Å². The number of fused-ring (bicyclic) bond motifs is 1. The third kappa shape index (κ3) is 4.18. The van der Waals surface area contributed by atoms with Gasteiger partial charge in [0.1, 0.15) is 17.3 Å². The lowest BCUT2D eigenvalue weighted by atomic mass is 9.99. The second kappa shape index (κ2) is 8.70. The lowest BCUT2D eigenvalue weighted by molar-refractivity contribution is -0.00716. The van der Waals surface area contributed by atoms with Crippen molar-refractivity contribution in [1.29, 1.82) is 0 Å². The maximum absolute atomic E-state index is 13.4. The van der Waals surface area contributed by atoms with Gasteiger partial charge < -0.3 is 19.5 Å². The standard InChI is InChI=1S/C20H26FN3O4/c1-12-9-16-18(13(2)28-12)23-24(7-8-26-3)19(16)20(25)22-11-14-5-6-15(21)10-17(14)27-4/h5-6,10,12-13H,7-9,11H2,1-4H3,(H,22,25)/t12-,13+/m0/s1. The molecule has 8 heteroatoms. The first-order valence-electron chi connectivity index (χ1n) is 9.29. The molecular formula is C20H26FN3O4. The van der Waals surface area contributed by atoms with Crippen molar-refractivity contribution in [3.05, 3.63) is 46.5 Å². The molecule has 1 N–H and O–H groups in total. The first-order valence-corrected chi connectivity index (χ1v) is 9.29. The lowest BCUT2D eigenvalue weighted by Gasteiger charge is -2.24. The maximum Gasteiger partial charge on any atom is 0.270 e. The first-order chi connectivity index (χ1) is 13.4. The largest absolute Gasteiger partial charge is 0.496 e. The van der Waals surface area contributed by atoms with Gasteiger partial charge in [0.15, 0.2) is 0 Å². The van der Waals surface area contributed by atoms with Gasteiger partial charge in [-0.3, -0.25) is 9.48 Å². The molecule has 0 fully saturated rings. The van der Waals surface area contributed by atoms with Crippen molar-refractivity contribution in [2.75, 3.05) is 20.8 Å². The summed E-state index contributed by atoms with van der Waals surface area (Å²) >= 11 is 0. The molecule has 0 radical (unpaired) electrons. The Morgan fingerprint density at radius 3 is 2.89 bits per heavy atom. The number of aromatic nitrogens is 2. The van der Waals surface area contributed by atoms with Crippen molar-refractivity contribution in [3.8, 4) is 5.75 Å². The van der Waals surface area contributed by atoms with Crippen LogP contribution in [0.3, 0.4) is 0 Å². The number of nitrogens with one attached hydrogen (secondary N) is 1. The molecule has 0 bridgehead atoms. The van der Waals surface area contributed by atoms with Crippen LogP contribution in [0.25, 0.3) is 0 Å². The second-order valence-electron chi connectivity index (χ2n) is 6.86. The van der Waals surface area contributed by atoms with E-state index in [0.717, 1.165) is 11.3 Å². The molecule has 0 spiro atoms. The molecule has 1 aliphatic heterocycles. The Bertz CT molecular complexity index is 852. The Labute approximate surface area is 163 Å². The van der Waals surface area contributed by atoms with E-state index in [-0.39, 0.29) is 30.5 Å². The number of amides is 1. The van der Waals surface area contributed by atoms with E-state index in [9.17, 15) is 9.18 Å². The molecule has 1 aliphatic rings. The Hall–Kier alpha value is -2.45. The molecule has 0 aliphatic carbocycles. The first kappa shape index (κ1) is 20.3. The summed E-state index contributed by atoms with van der Waals surface area (Å²) in [6.45, 7) is 5.04. The Balaban J connectivity index is 1.86. The minimum absolute atomic E-state index is 0.00585. The molecule has 3 rings (SSSR count). The number of nitrogens with zero attached hydrogens (tertiary/aromatic N) is 2. The van der Waals surface area contributed by atoms with Gasteiger partial charge in [-0.25, -0.2) is 4.39 Å². The van der Waals surface area contributed by atoms with E-state index in [1.165, 1.54) is 19.2 Å². The molecule has 2 atom stereocenters. The van der Waals surface area contributed by atoms with Crippen LogP contribution in [0, 0.1) is 5.82 Å². The fourth-order valence-electron chi connectivity index (χ4n) is 3.51. The van der Waals surface area contributed by atoms with Gasteiger partial charge in [0.05, 0.1) is 38.2 Å². The van der Waals surface area contributed by atoms with Crippen LogP contribution in [0.2, 0.25) is 0 Å². The van der Waals surface area contributed by atoms with Crippen molar-refractivity contribution in [3.63, 3.8) is 0 Å². The van der Waals surface area contributed by atoms with Gasteiger partial charge in [0.25, 0.3) is 5.91 Å². The van der Waals surface area contributed by atoms with Crippen LogP contribution in [0.5, 0.6) is 5.75 Å². The van der Waals surface area contributed by atoms with Crippen LogP contribution in [0.1, 0.15) is 47.3 Å². The highest BCUT2D eigenvalue weighted by molar-refractivity contribution is 5.94. The van der Waals surface area contributed by atoms with Crippen molar-refractivity contribution < 1.29 is 23.4 Å². The number of benzene rings is 1. The maximum atomic E-state index is 13.4. The summed E-state index contributed by atoms with van der Waals surface area (Å²) in [5.41, 5.74) is 2.92. The van der Waals surface area contributed by atoms with Gasteiger partial charge in [-0.05, 0) is 19.9 Å². The summed E-state index contributed by atoms with van der Waals surface area (Å²) in [4.78, 5) is 13.0. The number of halogens is 1. The summed E-state index contributed by atoms with van der Waals surface area (Å²) in [5, 5.41) is 7.51. The summed E-state index contributed by atoms with van der Waals surface area (Å²) < 4.78 is 31.3. The zero-order valence-electron chi connectivity index (χ0n) is 16.6. The number of carbonyl (C=O) groups excluding carboxylic acids is 1. The molecular weight excluding hydrogens is 365 g/mol. The zero-order valence-corrected chi connectivity index (χ0v) is 16.6. The van der Waals surface area contributed by atoms with Crippen LogP contribution < -0.4 is 10.1 Å². The van der Waals surface area contributed by atoms with Crippen molar-refractivity contribution in [2.45, 2.75) is 45.6 Å². The monoisotopic (exact) mass is 391 g/mol. The molecule has 0 saturated heterocycles. The molecule has 28 heavy (non-hydrogen) atoms. The van der Waals surface area contributed by atoms with Crippen molar-refractivity contribution in [1.82, 2.24) is 15.1 Å². The van der Waals surface area contributed by atoms with Crippen LogP contribution >= 0.6 is 0 Å². The summed E-state index contributed by atoms with van der Waals surface area (Å²) in [7, 11) is 3.08. The molecule has 0 saturated carbocycles. The fourth-order valence-corrected chi connectivity index (χ4v) is 3.51. The molecule has 2 aromatic rings. The SMILES string of the molecule is COCCn1nc2c(c1C(=O)NCc1ccc(F)cc1OC)C[C@H](C)O[C@@H]2C. The minimum atomic E-state index is -0.387. The van der Waals surface area contributed by atoms with Gasteiger partial charge in [0.2, 0.25) is 0 Å². The highest BCUT2D eigenvalue weighted by Crippen LogP contribution is 2.31. The predicted molar refractivity (Wildman–Crippen MR) is 101 cm³/mol. The minimum Gasteiger partial charge on any atom is -0.496 e.